The molecule has 4 aromatic rings. The van der Waals surface area contributed by atoms with Crippen LogP contribution in [-0.4, -0.2) is 25.3 Å². The number of ketones is 1. The number of carbonyl (C=O) groups excluding carboxylic acids is 1. The summed E-state index contributed by atoms with van der Waals surface area (Å²) in [4.78, 5) is 37.2. The van der Waals surface area contributed by atoms with Crippen LogP contribution < -0.4 is 5.56 Å². The van der Waals surface area contributed by atoms with E-state index in [1.807, 2.05) is 30.3 Å². The molecule has 0 amide bonds. The summed E-state index contributed by atoms with van der Waals surface area (Å²) in [7, 11) is 0. The number of aromatic amines is 1. The summed E-state index contributed by atoms with van der Waals surface area (Å²) < 4.78 is 2.00. The highest BCUT2D eigenvalue weighted by molar-refractivity contribution is 9.10. The van der Waals surface area contributed by atoms with Crippen molar-refractivity contribution in [2.24, 2.45) is 0 Å². The molecule has 0 unspecified atom stereocenters. The largest absolute Gasteiger partial charge is 0.358 e. The second-order valence-corrected chi connectivity index (χ2v) is 8.37. The molecule has 1 aromatic carbocycles. The maximum atomic E-state index is 12.9. The number of pyridine rings is 1. The normalized spacial score (nSPS) is 11.1. The topological polar surface area (TPSA) is 80.6 Å². The van der Waals surface area contributed by atoms with E-state index in [1.165, 1.54) is 10.1 Å². The number of Topliss-reactive ketones (excluding diaryl/α,β-unsaturated/α-hetero) is 1. The van der Waals surface area contributed by atoms with Crippen LogP contribution in [-0.2, 0) is 30.6 Å². The molecule has 0 aliphatic rings. The standard InChI is InChI=1S/C24H23BrN4O2/c25-23-15-27-22(8-4-7-17-5-2-1-3-6-17)24(31)29(23)16-20(30)10-9-19-13-18-14-26-12-11-21(18)28-19/h1-3,5-6,11-15,28H,4,7-10,16H2. The average Bonchev–Trinajstić information content (AvgIpc) is 3.20. The lowest BCUT2D eigenvalue weighted by molar-refractivity contribution is -0.119. The summed E-state index contributed by atoms with van der Waals surface area (Å²) in [6.45, 7) is 0.0371. The SMILES string of the molecule is O=C(CCc1cc2cnccc2[nH]1)Cn1c(Br)cnc(CCCc2ccccc2)c1=O. The Balaban J connectivity index is 1.37. The lowest BCUT2D eigenvalue weighted by atomic mass is 10.1. The number of hydrogen-bond acceptors (Lipinski definition) is 4. The van der Waals surface area contributed by atoms with Crippen LogP contribution in [0.5, 0.6) is 0 Å². The number of nitrogens with zero attached hydrogens (tertiary/aromatic N) is 3. The molecule has 0 fully saturated rings. The Morgan fingerprint density at radius 3 is 2.71 bits per heavy atom. The number of H-pyrrole nitrogens is 1. The van der Waals surface area contributed by atoms with E-state index >= 15 is 0 Å². The number of benzene rings is 1. The number of aromatic nitrogens is 4. The predicted octanol–water partition coefficient (Wildman–Crippen LogP) is 4.26. The van der Waals surface area contributed by atoms with E-state index in [0.717, 1.165) is 29.4 Å². The minimum absolute atomic E-state index is 0.000941. The Bertz CT molecular complexity index is 1210. The van der Waals surface area contributed by atoms with E-state index in [9.17, 15) is 9.59 Å². The van der Waals surface area contributed by atoms with Crippen LogP contribution in [0.15, 0.2) is 70.5 Å². The molecule has 0 saturated heterocycles. The Morgan fingerprint density at radius 1 is 1.06 bits per heavy atom. The van der Waals surface area contributed by atoms with Crippen LogP contribution in [0, 0.1) is 0 Å². The van der Waals surface area contributed by atoms with Crippen molar-refractivity contribution >= 4 is 32.6 Å². The van der Waals surface area contributed by atoms with Gasteiger partial charge in [0.05, 0.1) is 12.7 Å². The summed E-state index contributed by atoms with van der Waals surface area (Å²) in [6.07, 6.45) is 8.38. The van der Waals surface area contributed by atoms with Crippen LogP contribution in [0.1, 0.15) is 29.8 Å². The van der Waals surface area contributed by atoms with Crippen molar-refractivity contribution in [1.82, 2.24) is 19.5 Å². The van der Waals surface area contributed by atoms with Crippen molar-refractivity contribution < 1.29 is 4.79 Å². The van der Waals surface area contributed by atoms with Crippen molar-refractivity contribution in [2.45, 2.75) is 38.6 Å². The zero-order chi connectivity index (χ0) is 21.6. The zero-order valence-corrected chi connectivity index (χ0v) is 18.6. The summed E-state index contributed by atoms with van der Waals surface area (Å²) in [6, 6.07) is 14.1. The fraction of sp³-hybridized carbons (Fsp3) is 0.250. The third-order valence-electron chi connectivity index (χ3n) is 5.28. The fourth-order valence-corrected chi connectivity index (χ4v) is 4.02. The molecule has 0 aliphatic heterocycles. The van der Waals surface area contributed by atoms with Gasteiger partial charge in [0, 0.05) is 35.4 Å². The minimum Gasteiger partial charge on any atom is -0.358 e. The van der Waals surface area contributed by atoms with Gasteiger partial charge in [-0.1, -0.05) is 30.3 Å². The minimum atomic E-state index is -0.201. The zero-order valence-electron chi connectivity index (χ0n) is 17.1. The van der Waals surface area contributed by atoms with Crippen LogP contribution in [0.4, 0.5) is 0 Å². The third kappa shape index (κ3) is 5.35. The highest BCUT2D eigenvalue weighted by Gasteiger charge is 2.13. The Labute approximate surface area is 188 Å². The second kappa shape index (κ2) is 9.83. The van der Waals surface area contributed by atoms with Crippen LogP contribution in [0.25, 0.3) is 10.9 Å². The number of carbonyl (C=O) groups is 1. The molecule has 1 N–H and O–H groups in total. The molecule has 0 saturated carbocycles. The number of nitrogens with one attached hydrogen (secondary N) is 1. The molecule has 0 radical (unpaired) electrons. The highest BCUT2D eigenvalue weighted by atomic mass is 79.9. The number of halogens is 1. The summed E-state index contributed by atoms with van der Waals surface area (Å²) in [5.41, 5.74) is 3.52. The van der Waals surface area contributed by atoms with Crippen molar-refractivity contribution in [3.05, 3.63) is 93.0 Å². The van der Waals surface area contributed by atoms with Crippen molar-refractivity contribution in [1.29, 1.82) is 0 Å². The summed E-state index contributed by atoms with van der Waals surface area (Å²) in [5, 5.41) is 1.03. The van der Waals surface area contributed by atoms with Gasteiger partial charge in [-0.3, -0.25) is 24.1 Å². The first-order chi connectivity index (χ1) is 15.1. The fourth-order valence-electron chi connectivity index (χ4n) is 3.63. The van der Waals surface area contributed by atoms with Gasteiger partial charge in [-0.25, -0.2) is 0 Å². The molecule has 0 spiro atoms. The molecule has 3 heterocycles. The molecule has 31 heavy (non-hydrogen) atoms. The van der Waals surface area contributed by atoms with E-state index in [4.69, 9.17) is 0 Å². The second-order valence-electron chi connectivity index (χ2n) is 7.55. The van der Waals surface area contributed by atoms with Crippen LogP contribution in [0.2, 0.25) is 0 Å². The molecule has 4 rings (SSSR count). The van der Waals surface area contributed by atoms with Gasteiger partial charge in [0.25, 0.3) is 5.56 Å². The summed E-state index contributed by atoms with van der Waals surface area (Å²) in [5.74, 6) is 0.000941. The average molecular weight is 479 g/mol. The number of hydrogen-bond donors (Lipinski definition) is 1. The first-order valence-electron chi connectivity index (χ1n) is 10.3. The smallest absolute Gasteiger partial charge is 0.273 e. The van der Waals surface area contributed by atoms with E-state index in [1.54, 1.807) is 18.6 Å². The van der Waals surface area contributed by atoms with Crippen molar-refractivity contribution in [2.75, 3.05) is 0 Å². The molecule has 0 bridgehead atoms. The van der Waals surface area contributed by atoms with E-state index in [-0.39, 0.29) is 17.9 Å². The predicted molar refractivity (Wildman–Crippen MR) is 124 cm³/mol. The van der Waals surface area contributed by atoms with E-state index < -0.39 is 0 Å². The number of rotatable bonds is 9. The molecular formula is C24H23BrN4O2. The maximum absolute atomic E-state index is 12.9. The lowest BCUT2D eigenvalue weighted by Gasteiger charge is -2.10. The molecule has 0 atom stereocenters. The molecule has 6 nitrogen and oxygen atoms in total. The van der Waals surface area contributed by atoms with Gasteiger partial charge in [-0.05, 0) is 59.3 Å². The molecule has 3 aromatic heterocycles. The quantitative estimate of drug-likeness (QED) is 0.389. The van der Waals surface area contributed by atoms with Crippen molar-refractivity contribution in [3.63, 3.8) is 0 Å². The Morgan fingerprint density at radius 2 is 1.90 bits per heavy atom. The number of aryl methyl sites for hydroxylation is 3. The first-order valence-corrected chi connectivity index (χ1v) is 11.1. The van der Waals surface area contributed by atoms with Gasteiger partial charge >= 0.3 is 0 Å². The third-order valence-corrected chi connectivity index (χ3v) is 5.92. The van der Waals surface area contributed by atoms with Gasteiger partial charge in [-0.2, -0.15) is 0 Å². The van der Waals surface area contributed by atoms with Gasteiger partial charge in [0.15, 0.2) is 5.78 Å². The molecule has 158 valence electrons. The molecule has 0 aliphatic carbocycles. The van der Waals surface area contributed by atoms with Gasteiger partial charge in [0.2, 0.25) is 0 Å². The molecular weight excluding hydrogens is 456 g/mol. The lowest BCUT2D eigenvalue weighted by Crippen LogP contribution is -2.29. The molecule has 7 heteroatoms. The van der Waals surface area contributed by atoms with Gasteiger partial charge < -0.3 is 4.98 Å². The summed E-state index contributed by atoms with van der Waals surface area (Å²) >= 11 is 3.37. The number of fused-ring (bicyclic) bond motifs is 1. The van der Waals surface area contributed by atoms with Crippen LogP contribution >= 0.6 is 15.9 Å². The Kier molecular flexibility index (Phi) is 6.72. The first kappa shape index (κ1) is 21.2. The van der Waals surface area contributed by atoms with E-state index in [0.29, 0.717) is 29.6 Å². The van der Waals surface area contributed by atoms with Crippen molar-refractivity contribution in [3.8, 4) is 0 Å². The van der Waals surface area contributed by atoms with Gasteiger partial charge in [0.1, 0.15) is 10.3 Å². The highest BCUT2D eigenvalue weighted by Crippen LogP contribution is 2.15. The van der Waals surface area contributed by atoms with E-state index in [2.05, 4.69) is 43.0 Å². The Hall–Kier alpha value is -3.06. The monoisotopic (exact) mass is 478 g/mol. The van der Waals surface area contributed by atoms with Crippen LogP contribution in [0.3, 0.4) is 0 Å². The van der Waals surface area contributed by atoms with Gasteiger partial charge in [-0.15, -0.1) is 0 Å². The maximum Gasteiger partial charge on any atom is 0.273 e.